The van der Waals surface area contributed by atoms with Gasteiger partial charge in [0.15, 0.2) is 0 Å². The molecule has 1 aromatic heterocycles. The molecular formula is C19H26N4O2. The number of hydrogen-bond donors (Lipinski definition) is 3. The maximum atomic E-state index is 11.3. The van der Waals surface area contributed by atoms with Crippen LogP contribution >= 0.6 is 0 Å². The molecule has 6 heteroatoms. The number of rotatable bonds is 6. The first kappa shape index (κ1) is 18.6. The predicted octanol–water partition coefficient (Wildman–Crippen LogP) is 3.40. The average molecular weight is 342 g/mol. The summed E-state index contributed by atoms with van der Waals surface area (Å²) in [6.07, 6.45) is 0. The topological polar surface area (TPSA) is 89.3 Å². The summed E-state index contributed by atoms with van der Waals surface area (Å²) in [4.78, 5) is 15.8. The summed E-state index contributed by atoms with van der Waals surface area (Å²) >= 11 is 0. The van der Waals surface area contributed by atoms with Crippen LogP contribution in [0.1, 0.15) is 32.0 Å². The van der Waals surface area contributed by atoms with Gasteiger partial charge in [-0.05, 0) is 45.4 Å². The lowest BCUT2D eigenvalue weighted by molar-refractivity contribution is -0.120. The van der Waals surface area contributed by atoms with E-state index in [0.29, 0.717) is 23.9 Å². The molecule has 2 rings (SSSR count). The number of aromatic nitrogens is 1. The lowest BCUT2D eigenvalue weighted by atomic mass is 10.0. The number of carbonyl (C=O) groups excluding carboxylic acids is 1. The van der Waals surface area contributed by atoms with Crippen LogP contribution in [0.25, 0.3) is 0 Å². The number of amides is 1. The third-order valence-corrected chi connectivity index (χ3v) is 3.87. The fraction of sp³-hybridized carbons (Fsp3) is 0.368. The normalized spacial score (nSPS) is 11.1. The summed E-state index contributed by atoms with van der Waals surface area (Å²) in [5, 5.41) is 6.24. The molecule has 1 heterocycles. The van der Waals surface area contributed by atoms with E-state index in [1.165, 1.54) is 6.92 Å². The summed E-state index contributed by atoms with van der Waals surface area (Å²) in [6, 6.07) is 9.40. The minimum atomic E-state index is -0.414. The summed E-state index contributed by atoms with van der Waals surface area (Å²) < 4.78 is 5.84. The van der Waals surface area contributed by atoms with Crippen molar-refractivity contribution >= 4 is 17.3 Å². The van der Waals surface area contributed by atoms with Gasteiger partial charge in [0.1, 0.15) is 11.4 Å². The number of benzene rings is 1. The van der Waals surface area contributed by atoms with Gasteiger partial charge < -0.3 is 21.1 Å². The van der Waals surface area contributed by atoms with Crippen molar-refractivity contribution in [1.82, 2.24) is 10.3 Å². The standard InChI is InChI=1S/C19H26N4O2/c1-12-13(2)22-18(25-15-9-7-6-8-10-15)16(20)17(12)21-11-19(4,5)23-14(3)24/h6-10H,11,20H2,1-5H3,(H,21,22)(H,23,24). The molecular weight excluding hydrogens is 316 g/mol. The third-order valence-electron chi connectivity index (χ3n) is 3.87. The molecule has 0 aliphatic carbocycles. The molecule has 0 aliphatic heterocycles. The maximum Gasteiger partial charge on any atom is 0.245 e. The van der Waals surface area contributed by atoms with Crippen molar-refractivity contribution < 1.29 is 9.53 Å². The minimum absolute atomic E-state index is 0.0736. The molecule has 1 aromatic carbocycles. The number of hydrogen-bond acceptors (Lipinski definition) is 5. The van der Waals surface area contributed by atoms with Crippen molar-refractivity contribution in [1.29, 1.82) is 0 Å². The van der Waals surface area contributed by atoms with Crippen LogP contribution in [0.5, 0.6) is 11.6 Å². The number of ether oxygens (including phenoxy) is 1. The zero-order valence-corrected chi connectivity index (χ0v) is 15.4. The minimum Gasteiger partial charge on any atom is -0.437 e. The Morgan fingerprint density at radius 1 is 1.24 bits per heavy atom. The first-order chi connectivity index (χ1) is 11.7. The SMILES string of the molecule is CC(=O)NC(C)(C)CNc1c(C)c(C)nc(Oc2ccccc2)c1N. The maximum absolute atomic E-state index is 11.3. The molecule has 0 fully saturated rings. The first-order valence-corrected chi connectivity index (χ1v) is 8.22. The molecule has 1 amide bonds. The highest BCUT2D eigenvalue weighted by Crippen LogP contribution is 2.35. The number of nitrogens with zero attached hydrogens (tertiary/aromatic N) is 1. The van der Waals surface area contributed by atoms with Gasteiger partial charge in [0.05, 0.1) is 11.2 Å². The van der Waals surface area contributed by atoms with Gasteiger partial charge in [-0.25, -0.2) is 4.98 Å². The van der Waals surface area contributed by atoms with Crippen molar-refractivity contribution in [2.45, 2.75) is 40.2 Å². The summed E-state index contributed by atoms with van der Waals surface area (Å²) in [6.45, 7) is 9.79. The van der Waals surface area contributed by atoms with E-state index in [1.54, 1.807) is 0 Å². The number of para-hydroxylation sites is 1. The van der Waals surface area contributed by atoms with Gasteiger partial charge >= 0.3 is 0 Å². The Balaban J connectivity index is 2.27. The Labute approximate surface area is 148 Å². The number of carbonyl (C=O) groups is 1. The van der Waals surface area contributed by atoms with Crippen molar-refractivity contribution in [2.24, 2.45) is 0 Å². The zero-order chi connectivity index (χ0) is 18.6. The van der Waals surface area contributed by atoms with Gasteiger partial charge in [0.25, 0.3) is 0 Å². The van der Waals surface area contributed by atoms with Crippen LogP contribution in [-0.2, 0) is 4.79 Å². The summed E-state index contributed by atoms with van der Waals surface area (Å²) in [5.74, 6) is 0.971. The zero-order valence-electron chi connectivity index (χ0n) is 15.4. The van der Waals surface area contributed by atoms with Crippen LogP contribution in [0.15, 0.2) is 30.3 Å². The third kappa shape index (κ3) is 4.86. The molecule has 2 aromatic rings. The van der Waals surface area contributed by atoms with E-state index >= 15 is 0 Å². The molecule has 0 saturated heterocycles. The number of nitrogens with two attached hydrogens (primary N) is 1. The summed E-state index contributed by atoms with van der Waals surface area (Å²) in [5.41, 5.74) is 8.89. The Hall–Kier alpha value is -2.76. The van der Waals surface area contributed by atoms with Crippen LogP contribution in [0.2, 0.25) is 0 Å². The second-order valence-corrected chi connectivity index (χ2v) is 6.75. The monoisotopic (exact) mass is 342 g/mol. The Bertz CT molecular complexity index is 758. The van der Waals surface area contributed by atoms with Crippen LogP contribution < -0.4 is 21.1 Å². The molecule has 0 unspecified atom stereocenters. The molecule has 0 bridgehead atoms. The van der Waals surface area contributed by atoms with E-state index < -0.39 is 5.54 Å². The number of anilines is 2. The van der Waals surface area contributed by atoms with E-state index in [0.717, 1.165) is 16.9 Å². The fourth-order valence-corrected chi connectivity index (χ4v) is 2.52. The molecule has 0 spiro atoms. The Kier molecular flexibility index (Phi) is 5.51. The van der Waals surface area contributed by atoms with Crippen molar-refractivity contribution in [3.8, 4) is 11.6 Å². The molecule has 6 nitrogen and oxygen atoms in total. The second-order valence-electron chi connectivity index (χ2n) is 6.75. The Morgan fingerprint density at radius 2 is 1.88 bits per heavy atom. The largest absolute Gasteiger partial charge is 0.437 e. The number of aryl methyl sites for hydroxylation is 1. The van der Waals surface area contributed by atoms with Gasteiger partial charge in [-0.1, -0.05) is 18.2 Å². The first-order valence-electron chi connectivity index (χ1n) is 8.22. The van der Waals surface area contributed by atoms with E-state index in [2.05, 4.69) is 15.6 Å². The van der Waals surface area contributed by atoms with Crippen molar-refractivity contribution in [3.63, 3.8) is 0 Å². The Morgan fingerprint density at radius 3 is 2.48 bits per heavy atom. The molecule has 0 saturated carbocycles. The highest BCUT2D eigenvalue weighted by atomic mass is 16.5. The number of nitrogens with one attached hydrogen (secondary N) is 2. The molecule has 134 valence electrons. The van der Waals surface area contributed by atoms with Gasteiger partial charge in [-0.3, -0.25) is 4.79 Å². The molecule has 0 aliphatic rings. The molecule has 25 heavy (non-hydrogen) atoms. The highest BCUT2D eigenvalue weighted by molar-refractivity contribution is 5.76. The molecule has 4 N–H and O–H groups in total. The van der Waals surface area contributed by atoms with Crippen LogP contribution in [-0.4, -0.2) is 23.0 Å². The van der Waals surface area contributed by atoms with Gasteiger partial charge in [0, 0.05) is 19.2 Å². The van der Waals surface area contributed by atoms with E-state index in [1.807, 2.05) is 58.0 Å². The van der Waals surface area contributed by atoms with Gasteiger partial charge in [-0.2, -0.15) is 0 Å². The second kappa shape index (κ2) is 7.42. The quantitative estimate of drug-likeness (QED) is 0.749. The van der Waals surface area contributed by atoms with Crippen molar-refractivity contribution in [3.05, 3.63) is 41.6 Å². The highest BCUT2D eigenvalue weighted by Gasteiger charge is 2.21. The van der Waals surface area contributed by atoms with Crippen LogP contribution in [0.3, 0.4) is 0 Å². The lowest BCUT2D eigenvalue weighted by Gasteiger charge is -2.27. The smallest absolute Gasteiger partial charge is 0.245 e. The molecule has 0 atom stereocenters. The molecule has 0 radical (unpaired) electrons. The van der Waals surface area contributed by atoms with Crippen LogP contribution in [0, 0.1) is 13.8 Å². The fourth-order valence-electron chi connectivity index (χ4n) is 2.52. The lowest BCUT2D eigenvalue weighted by Crippen LogP contribution is -2.47. The van der Waals surface area contributed by atoms with E-state index in [4.69, 9.17) is 10.5 Å². The number of nitrogen functional groups attached to an aromatic ring is 1. The number of pyridine rings is 1. The van der Waals surface area contributed by atoms with E-state index in [9.17, 15) is 4.79 Å². The van der Waals surface area contributed by atoms with Gasteiger partial charge in [-0.15, -0.1) is 0 Å². The van der Waals surface area contributed by atoms with Gasteiger partial charge in [0.2, 0.25) is 11.8 Å². The average Bonchev–Trinajstić information content (AvgIpc) is 2.52. The van der Waals surface area contributed by atoms with Crippen molar-refractivity contribution in [2.75, 3.05) is 17.6 Å². The summed E-state index contributed by atoms with van der Waals surface area (Å²) in [7, 11) is 0. The van der Waals surface area contributed by atoms with E-state index in [-0.39, 0.29) is 5.91 Å². The van der Waals surface area contributed by atoms with Crippen LogP contribution in [0.4, 0.5) is 11.4 Å². The predicted molar refractivity (Wildman–Crippen MR) is 101 cm³/mol.